The Bertz CT molecular complexity index is 447. The molecule has 2 rings (SSSR count). The number of piperidine rings is 1. The summed E-state index contributed by atoms with van der Waals surface area (Å²) in [5.41, 5.74) is 0.737. The molecular weight excluding hydrogens is 254 g/mol. The van der Waals surface area contributed by atoms with Gasteiger partial charge in [-0.15, -0.1) is 0 Å². The van der Waals surface area contributed by atoms with Gasteiger partial charge in [0, 0.05) is 6.54 Å². The molecule has 1 saturated heterocycles. The van der Waals surface area contributed by atoms with E-state index in [0.29, 0.717) is 0 Å². The number of carboxylic acid groups (broad SMARTS) is 1. The van der Waals surface area contributed by atoms with Crippen LogP contribution >= 0.6 is 0 Å². The van der Waals surface area contributed by atoms with Crippen molar-refractivity contribution < 1.29 is 14.6 Å². The summed E-state index contributed by atoms with van der Waals surface area (Å²) in [6, 6.07) is 8.06. The van der Waals surface area contributed by atoms with Crippen molar-refractivity contribution in [1.29, 1.82) is 0 Å². The molecule has 0 amide bonds. The van der Waals surface area contributed by atoms with E-state index in [1.54, 1.807) is 7.11 Å². The molecule has 0 atom stereocenters. The number of carboxylic acids is 1. The van der Waals surface area contributed by atoms with E-state index in [4.69, 9.17) is 4.74 Å². The summed E-state index contributed by atoms with van der Waals surface area (Å²) in [4.78, 5) is 13.7. The van der Waals surface area contributed by atoms with Crippen LogP contribution in [0.5, 0.6) is 5.75 Å². The van der Waals surface area contributed by atoms with Crippen LogP contribution in [0, 0.1) is 5.41 Å². The number of ether oxygens (including phenoxy) is 1. The maximum atomic E-state index is 11.4. The number of carbonyl (C=O) groups is 1. The Labute approximate surface area is 120 Å². The molecule has 4 heteroatoms. The molecule has 0 unspecified atom stereocenters. The van der Waals surface area contributed by atoms with Crippen LogP contribution in [0.2, 0.25) is 0 Å². The first-order valence-electron chi connectivity index (χ1n) is 7.18. The van der Waals surface area contributed by atoms with E-state index in [2.05, 4.69) is 17.0 Å². The van der Waals surface area contributed by atoms with Crippen molar-refractivity contribution in [2.24, 2.45) is 5.41 Å². The number of nitrogens with zero attached hydrogens (tertiary/aromatic N) is 1. The Morgan fingerprint density at radius 3 is 2.35 bits per heavy atom. The highest BCUT2D eigenvalue weighted by molar-refractivity contribution is 5.74. The molecule has 4 nitrogen and oxygen atoms in total. The lowest BCUT2D eigenvalue weighted by Crippen LogP contribution is -2.43. The summed E-state index contributed by atoms with van der Waals surface area (Å²) in [6.45, 7) is 4.56. The average Bonchev–Trinajstić information content (AvgIpc) is 2.49. The van der Waals surface area contributed by atoms with E-state index in [1.807, 2.05) is 19.1 Å². The monoisotopic (exact) mass is 277 g/mol. The minimum absolute atomic E-state index is 0.504. The highest BCUT2D eigenvalue weighted by Gasteiger charge is 2.39. The first-order chi connectivity index (χ1) is 9.59. The highest BCUT2D eigenvalue weighted by atomic mass is 16.5. The van der Waals surface area contributed by atoms with Gasteiger partial charge in [0.15, 0.2) is 0 Å². The van der Waals surface area contributed by atoms with Crippen LogP contribution in [0.25, 0.3) is 0 Å². The van der Waals surface area contributed by atoms with Gasteiger partial charge < -0.3 is 9.84 Å². The molecule has 1 aromatic carbocycles. The molecule has 1 aromatic rings. The Balaban J connectivity index is 1.92. The number of methoxy groups -OCH3 is 1. The lowest BCUT2D eigenvalue weighted by atomic mass is 9.76. The fraction of sp³-hybridized carbons (Fsp3) is 0.562. The van der Waals surface area contributed by atoms with Crippen LogP contribution in [0.15, 0.2) is 24.3 Å². The van der Waals surface area contributed by atoms with Gasteiger partial charge in [0.1, 0.15) is 5.75 Å². The minimum Gasteiger partial charge on any atom is -0.497 e. The average molecular weight is 277 g/mol. The second kappa shape index (κ2) is 6.27. The quantitative estimate of drug-likeness (QED) is 0.899. The lowest BCUT2D eigenvalue weighted by molar-refractivity contribution is -0.152. The van der Waals surface area contributed by atoms with Gasteiger partial charge in [0.2, 0.25) is 0 Å². The summed E-state index contributed by atoms with van der Waals surface area (Å²) in [7, 11) is 1.66. The van der Waals surface area contributed by atoms with Crippen LogP contribution in [0.4, 0.5) is 0 Å². The van der Waals surface area contributed by atoms with Crippen molar-refractivity contribution in [2.75, 3.05) is 20.2 Å². The number of rotatable bonds is 5. The van der Waals surface area contributed by atoms with Crippen molar-refractivity contribution in [3.63, 3.8) is 0 Å². The first-order valence-corrected chi connectivity index (χ1v) is 7.18. The van der Waals surface area contributed by atoms with Gasteiger partial charge in [-0.2, -0.15) is 0 Å². The maximum absolute atomic E-state index is 11.4. The summed E-state index contributed by atoms with van der Waals surface area (Å²) >= 11 is 0. The third kappa shape index (κ3) is 3.12. The molecule has 1 heterocycles. The molecule has 0 saturated carbocycles. The molecule has 0 aromatic heterocycles. The summed E-state index contributed by atoms with van der Waals surface area (Å²) in [5, 5.41) is 9.39. The van der Waals surface area contributed by atoms with Gasteiger partial charge in [-0.05, 0) is 50.0 Å². The van der Waals surface area contributed by atoms with Crippen LogP contribution < -0.4 is 4.74 Å². The van der Waals surface area contributed by atoms with Gasteiger partial charge in [-0.1, -0.05) is 19.1 Å². The molecule has 110 valence electrons. The number of hydrogen-bond donors (Lipinski definition) is 1. The predicted octanol–water partition coefficient (Wildman–Crippen LogP) is 2.77. The molecule has 1 fully saturated rings. The smallest absolute Gasteiger partial charge is 0.309 e. The van der Waals surface area contributed by atoms with Gasteiger partial charge in [-0.25, -0.2) is 0 Å². The van der Waals surface area contributed by atoms with E-state index in [-0.39, 0.29) is 0 Å². The normalized spacial score (nSPS) is 18.7. The number of hydrogen-bond acceptors (Lipinski definition) is 3. The third-order valence-corrected chi connectivity index (χ3v) is 4.51. The van der Waals surface area contributed by atoms with Crippen molar-refractivity contribution in [3.05, 3.63) is 29.8 Å². The topological polar surface area (TPSA) is 49.8 Å². The van der Waals surface area contributed by atoms with Crippen LogP contribution in [-0.4, -0.2) is 36.2 Å². The molecule has 0 aliphatic carbocycles. The van der Waals surface area contributed by atoms with Gasteiger partial charge in [0.05, 0.1) is 12.5 Å². The van der Waals surface area contributed by atoms with E-state index in [9.17, 15) is 9.90 Å². The SMILES string of the molecule is CCC1(C(=O)O)CCN(Cc2ccc(OC)cc2)CC1. The minimum atomic E-state index is -0.635. The molecule has 1 aliphatic rings. The van der Waals surface area contributed by atoms with Crippen molar-refractivity contribution in [3.8, 4) is 5.75 Å². The summed E-state index contributed by atoms with van der Waals surface area (Å²) in [6.07, 6.45) is 2.21. The standard InChI is InChI=1S/C16H23NO3/c1-3-16(15(18)19)8-10-17(11-9-16)12-13-4-6-14(20-2)7-5-13/h4-7H,3,8-12H2,1-2H3,(H,18,19). The molecule has 0 spiro atoms. The second-order valence-electron chi connectivity index (χ2n) is 5.56. The fourth-order valence-corrected chi connectivity index (χ4v) is 2.85. The zero-order valence-corrected chi connectivity index (χ0v) is 12.3. The third-order valence-electron chi connectivity index (χ3n) is 4.51. The number of aliphatic carboxylic acids is 1. The zero-order valence-electron chi connectivity index (χ0n) is 12.3. The van der Waals surface area contributed by atoms with Crippen LogP contribution in [0.1, 0.15) is 31.7 Å². The van der Waals surface area contributed by atoms with Crippen molar-refractivity contribution >= 4 is 5.97 Å². The predicted molar refractivity (Wildman–Crippen MR) is 77.9 cm³/mol. The molecular formula is C16H23NO3. The van der Waals surface area contributed by atoms with Crippen molar-refractivity contribution in [1.82, 2.24) is 4.90 Å². The molecule has 0 bridgehead atoms. The van der Waals surface area contributed by atoms with Crippen LogP contribution in [-0.2, 0) is 11.3 Å². The van der Waals surface area contributed by atoms with E-state index in [0.717, 1.165) is 44.6 Å². The Morgan fingerprint density at radius 1 is 1.30 bits per heavy atom. The Kier molecular flexibility index (Phi) is 4.65. The number of benzene rings is 1. The van der Waals surface area contributed by atoms with E-state index >= 15 is 0 Å². The molecule has 0 radical (unpaired) electrons. The first kappa shape index (κ1) is 14.9. The van der Waals surface area contributed by atoms with Gasteiger partial charge in [0.25, 0.3) is 0 Å². The van der Waals surface area contributed by atoms with Gasteiger partial charge >= 0.3 is 5.97 Å². The molecule has 20 heavy (non-hydrogen) atoms. The highest BCUT2D eigenvalue weighted by Crippen LogP contribution is 2.35. The molecule has 1 N–H and O–H groups in total. The Morgan fingerprint density at radius 2 is 1.90 bits per heavy atom. The largest absolute Gasteiger partial charge is 0.497 e. The number of likely N-dealkylation sites (tertiary alicyclic amines) is 1. The second-order valence-corrected chi connectivity index (χ2v) is 5.56. The summed E-state index contributed by atoms with van der Waals surface area (Å²) in [5.74, 6) is 0.229. The van der Waals surface area contributed by atoms with E-state index < -0.39 is 11.4 Å². The van der Waals surface area contributed by atoms with Gasteiger partial charge in [-0.3, -0.25) is 9.69 Å². The van der Waals surface area contributed by atoms with Crippen LogP contribution in [0.3, 0.4) is 0 Å². The maximum Gasteiger partial charge on any atom is 0.309 e. The fourth-order valence-electron chi connectivity index (χ4n) is 2.85. The molecule has 1 aliphatic heterocycles. The zero-order chi connectivity index (χ0) is 14.6. The lowest BCUT2D eigenvalue weighted by Gasteiger charge is -2.38. The van der Waals surface area contributed by atoms with Crippen molar-refractivity contribution in [2.45, 2.75) is 32.7 Å². The summed E-state index contributed by atoms with van der Waals surface area (Å²) < 4.78 is 5.15. The Hall–Kier alpha value is -1.55. The van der Waals surface area contributed by atoms with E-state index in [1.165, 1.54) is 5.56 Å².